The zero-order chi connectivity index (χ0) is 13.2. The van der Waals surface area contributed by atoms with Crippen molar-refractivity contribution in [1.29, 1.82) is 0 Å². The third-order valence-corrected chi connectivity index (χ3v) is 4.41. The van der Waals surface area contributed by atoms with E-state index in [1.165, 1.54) is 32.2 Å². The van der Waals surface area contributed by atoms with Crippen LogP contribution in [0.2, 0.25) is 0 Å². The van der Waals surface area contributed by atoms with Crippen LogP contribution in [0.1, 0.15) is 43.8 Å². The highest BCUT2D eigenvalue weighted by atomic mass is 79.9. The van der Waals surface area contributed by atoms with Crippen molar-refractivity contribution in [2.24, 2.45) is 0 Å². The van der Waals surface area contributed by atoms with Gasteiger partial charge in [0.2, 0.25) is 5.88 Å². The summed E-state index contributed by atoms with van der Waals surface area (Å²) in [4.78, 5) is 11.3. The number of ether oxygens (including phenoxy) is 1. The Hall–Kier alpha value is -0.680. The van der Waals surface area contributed by atoms with Crippen molar-refractivity contribution < 1.29 is 4.74 Å². The minimum absolute atomic E-state index is 0.556. The maximum atomic E-state index is 5.81. The van der Waals surface area contributed by atoms with Gasteiger partial charge in [0, 0.05) is 18.0 Å². The molecule has 1 saturated carbocycles. The van der Waals surface area contributed by atoms with Crippen molar-refractivity contribution >= 4 is 15.9 Å². The molecule has 4 nitrogen and oxygen atoms in total. The summed E-state index contributed by atoms with van der Waals surface area (Å²) in [5, 5.41) is 0. The zero-order valence-corrected chi connectivity index (χ0v) is 12.9. The summed E-state index contributed by atoms with van der Waals surface area (Å²) in [5.74, 6) is 2.20. The number of aromatic nitrogens is 2. The van der Waals surface area contributed by atoms with Gasteiger partial charge in [-0.1, -0.05) is 0 Å². The molecule has 0 bridgehead atoms. The zero-order valence-electron chi connectivity index (χ0n) is 11.3. The summed E-state index contributed by atoms with van der Waals surface area (Å²) < 4.78 is 6.64. The molecule has 1 unspecified atom stereocenters. The Kier molecular flexibility index (Phi) is 4.03. The van der Waals surface area contributed by atoms with E-state index in [9.17, 15) is 0 Å². The minimum atomic E-state index is 0.556. The predicted molar refractivity (Wildman–Crippen MR) is 77.5 cm³/mol. The van der Waals surface area contributed by atoms with Crippen LogP contribution in [0.25, 0.3) is 0 Å². The molecule has 0 N–H and O–H groups in total. The van der Waals surface area contributed by atoms with Crippen molar-refractivity contribution in [1.82, 2.24) is 14.9 Å². The number of hydrogen-bond donors (Lipinski definition) is 0. The summed E-state index contributed by atoms with van der Waals surface area (Å²) in [6.07, 6.45) is 6.11. The maximum absolute atomic E-state index is 5.81. The highest BCUT2D eigenvalue weighted by Crippen LogP contribution is 2.39. The molecular weight excluding hydrogens is 306 g/mol. The van der Waals surface area contributed by atoms with E-state index in [-0.39, 0.29) is 0 Å². The van der Waals surface area contributed by atoms with Gasteiger partial charge >= 0.3 is 0 Å². The van der Waals surface area contributed by atoms with Crippen LogP contribution >= 0.6 is 15.9 Å². The molecule has 2 fully saturated rings. The van der Waals surface area contributed by atoms with E-state index in [1.54, 1.807) is 0 Å². The van der Waals surface area contributed by atoms with Crippen molar-refractivity contribution in [2.45, 2.75) is 44.1 Å². The molecule has 0 amide bonds. The predicted octanol–water partition coefficient (Wildman–Crippen LogP) is 2.98. The Morgan fingerprint density at radius 2 is 2.21 bits per heavy atom. The van der Waals surface area contributed by atoms with Crippen LogP contribution in [0.4, 0.5) is 0 Å². The van der Waals surface area contributed by atoms with Crippen molar-refractivity contribution in [3.05, 3.63) is 16.5 Å². The molecule has 1 aliphatic carbocycles. The third kappa shape index (κ3) is 3.45. The van der Waals surface area contributed by atoms with Gasteiger partial charge in [-0.2, -0.15) is 4.98 Å². The lowest BCUT2D eigenvalue weighted by Crippen LogP contribution is -2.26. The molecule has 3 rings (SSSR count). The van der Waals surface area contributed by atoms with Gasteiger partial charge in [-0.05, 0) is 61.6 Å². The van der Waals surface area contributed by atoms with E-state index in [1.807, 2.05) is 6.07 Å². The Morgan fingerprint density at radius 1 is 1.37 bits per heavy atom. The average molecular weight is 326 g/mol. The summed E-state index contributed by atoms with van der Waals surface area (Å²) in [6, 6.07) is 2.54. The second-order valence-corrected chi connectivity index (χ2v) is 6.39. The van der Waals surface area contributed by atoms with E-state index < -0.39 is 0 Å². The Labute approximate surface area is 122 Å². The second-order valence-electron chi connectivity index (χ2n) is 5.58. The lowest BCUT2D eigenvalue weighted by molar-refractivity contribution is 0.228. The largest absolute Gasteiger partial charge is 0.477 e. The number of nitrogens with zero attached hydrogens (tertiary/aromatic N) is 3. The van der Waals surface area contributed by atoms with Gasteiger partial charge in [-0.3, -0.25) is 0 Å². The summed E-state index contributed by atoms with van der Waals surface area (Å²) in [6.45, 7) is 1.96. The molecule has 0 radical (unpaired) electrons. The van der Waals surface area contributed by atoms with Gasteiger partial charge in [-0.15, -0.1) is 0 Å². The first-order valence-electron chi connectivity index (χ1n) is 7.10. The van der Waals surface area contributed by atoms with Crippen LogP contribution in [-0.2, 0) is 0 Å². The van der Waals surface area contributed by atoms with E-state index in [4.69, 9.17) is 4.74 Å². The van der Waals surface area contributed by atoms with Gasteiger partial charge in [0.05, 0.1) is 6.61 Å². The van der Waals surface area contributed by atoms with Gasteiger partial charge < -0.3 is 9.64 Å². The molecule has 5 heteroatoms. The SMILES string of the molecule is CN1CCCC1CCOc1cc(Br)nc(C2CC2)n1. The quantitative estimate of drug-likeness (QED) is 0.780. The lowest BCUT2D eigenvalue weighted by atomic mass is 10.1. The van der Waals surface area contributed by atoms with Crippen LogP contribution in [0.15, 0.2) is 10.7 Å². The van der Waals surface area contributed by atoms with E-state index >= 15 is 0 Å². The molecule has 0 aromatic carbocycles. The number of halogens is 1. The molecule has 1 aromatic heterocycles. The number of likely N-dealkylation sites (tertiary alicyclic amines) is 1. The molecule has 1 saturated heterocycles. The van der Waals surface area contributed by atoms with Gasteiger partial charge in [0.25, 0.3) is 0 Å². The first kappa shape index (κ1) is 13.3. The molecule has 2 aliphatic rings. The standard InChI is InChI=1S/C14H20BrN3O/c1-18-7-2-3-11(18)6-8-19-13-9-12(15)16-14(17-13)10-4-5-10/h9-11H,2-8H2,1H3. The molecule has 2 heterocycles. The summed E-state index contributed by atoms with van der Waals surface area (Å²) in [7, 11) is 2.20. The average Bonchev–Trinajstić information content (AvgIpc) is 3.14. The monoisotopic (exact) mass is 325 g/mol. The van der Waals surface area contributed by atoms with Crippen molar-refractivity contribution in [3.63, 3.8) is 0 Å². The van der Waals surface area contributed by atoms with E-state index in [2.05, 4.69) is 37.8 Å². The molecule has 1 aromatic rings. The Morgan fingerprint density at radius 3 is 2.89 bits per heavy atom. The van der Waals surface area contributed by atoms with Crippen molar-refractivity contribution in [2.75, 3.05) is 20.2 Å². The highest BCUT2D eigenvalue weighted by molar-refractivity contribution is 9.10. The number of hydrogen-bond acceptors (Lipinski definition) is 4. The van der Waals surface area contributed by atoms with Gasteiger partial charge in [0.1, 0.15) is 10.4 Å². The fourth-order valence-corrected chi connectivity index (χ4v) is 3.03. The fourth-order valence-electron chi connectivity index (χ4n) is 2.66. The summed E-state index contributed by atoms with van der Waals surface area (Å²) >= 11 is 3.44. The van der Waals surface area contributed by atoms with Crippen LogP contribution in [0.5, 0.6) is 5.88 Å². The number of rotatable bonds is 5. The normalized spacial score (nSPS) is 23.8. The van der Waals surface area contributed by atoms with Crippen LogP contribution < -0.4 is 4.74 Å². The van der Waals surface area contributed by atoms with Crippen LogP contribution in [0, 0.1) is 0 Å². The van der Waals surface area contributed by atoms with E-state index in [0.717, 1.165) is 23.5 Å². The Balaban J connectivity index is 1.54. The molecule has 1 aliphatic heterocycles. The highest BCUT2D eigenvalue weighted by Gasteiger charge is 2.27. The van der Waals surface area contributed by atoms with Gasteiger partial charge in [0.15, 0.2) is 0 Å². The smallest absolute Gasteiger partial charge is 0.217 e. The minimum Gasteiger partial charge on any atom is -0.477 e. The second kappa shape index (κ2) is 5.75. The molecular formula is C14H20BrN3O. The summed E-state index contributed by atoms with van der Waals surface area (Å²) in [5.41, 5.74) is 0. The topological polar surface area (TPSA) is 38.2 Å². The first-order valence-corrected chi connectivity index (χ1v) is 7.89. The first-order chi connectivity index (χ1) is 9.22. The molecule has 104 valence electrons. The fraction of sp³-hybridized carbons (Fsp3) is 0.714. The maximum Gasteiger partial charge on any atom is 0.217 e. The third-order valence-electron chi connectivity index (χ3n) is 4.00. The van der Waals surface area contributed by atoms with Crippen molar-refractivity contribution in [3.8, 4) is 5.88 Å². The van der Waals surface area contributed by atoms with Crippen LogP contribution in [0.3, 0.4) is 0 Å². The van der Waals surface area contributed by atoms with E-state index in [0.29, 0.717) is 17.8 Å². The molecule has 19 heavy (non-hydrogen) atoms. The van der Waals surface area contributed by atoms with Gasteiger partial charge in [-0.25, -0.2) is 4.98 Å². The van der Waals surface area contributed by atoms with Crippen LogP contribution in [-0.4, -0.2) is 41.1 Å². The lowest BCUT2D eigenvalue weighted by Gasteiger charge is -2.19. The molecule has 0 spiro atoms. The molecule has 1 atom stereocenters. The Bertz CT molecular complexity index is 450.